The van der Waals surface area contributed by atoms with Gasteiger partial charge in [-0.05, 0) is 37.3 Å². The van der Waals surface area contributed by atoms with E-state index in [4.69, 9.17) is 22.9 Å². The molecule has 0 heterocycles. The molecule has 0 radical (unpaired) electrons. The largest absolute Gasteiger partial charge is 0.398 e. The van der Waals surface area contributed by atoms with Gasteiger partial charge in [-0.2, -0.15) is 0 Å². The number of hydrogen-bond acceptors (Lipinski definition) is 5. The Morgan fingerprint density at radius 1 is 1.26 bits per heavy atom. The lowest BCUT2D eigenvalue weighted by atomic mass is 9.77. The second kappa shape index (κ2) is 5.28. The number of carbonyl (C=O) groups is 1. The van der Waals surface area contributed by atoms with E-state index in [1.165, 1.54) is 0 Å². The highest BCUT2D eigenvalue weighted by Gasteiger charge is 2.34. The van der Waals surface area contributed by atoms with Crippen LogP contribution < -0.4 is 22.9 Å². The number of nitrogens with two attached hydrogens (primary N) is 4. The fourth-order valence-corrected chi connectivity index (χ4v) is 2.98. The molecule has 1 fully saturated rings. The van der Waals surface area contributed by atoms with Gasteiger partial charge in [0.05, 0.1) is 5.66 Å². The van der Waals surface area contributed by atoms with E-state index in [-0.39, 0.29) is 17.7 Å². The summed E-state index contributed by atoms with van der Waals surface area (Å²) in [7, 11) is 0. The summed E-state index contributed by atoms with van der Waals surface area (Å²) >= 11 is 0. The Labute approximate surface area is 113 Å². The molecule has 1 saturated carbocycles. The smallest absolute Gasteiger partial charge is 0.165 e. The van der Waals surface area contributed by atoms with Gasteiger partial charge in [0.1, 0.15) is 0 Å². The van der Waals surface area contributed by atoms with Crippen LogP contribution in [-0.4, -0.2) is 17.5 Å². The summed E-state index contributed by atoms with van der Waals surface area (Å²) in [6.45, 7) is 0. The van der Waals surface area contributed by atoms with Gasteiger partial charge in [0.15, 0.2) is 5.78 Å². The van der Waals surface area contributed by atoms with Crippen LogP contribution in [0.5, 0.6) is 0 Å². The minimum absolute atomic E-state index is 0.0327. The first-order valence-corrected chi connectivity index (χ1v) is 6.58. The third-order valence-corrected chi connectivity index (χ3v) is 3.68. The maximum Gasteiger partial charge on any atom is 0.165 e. The van der Waals surface area contributed by atoms with E-state index < -0.39 is 5.66 Å². The van der Waals surface area contributed by atoms with Crippen LogP contribution >= 0.6 is 0 Å². The highest BCUT2D eigenvalue weighted by atomic mass is 16.1. The molecule has 1 aliphatic rings. The molecule has 0 spiro atoms. The van der Waals surface area contributed by atoms with Gasteiger partial charge in [-0.3, -0.25) is 4.79 Å². The Bertz CT molecular complexity index is 472. The van der Waals surface area contributed by atoms with Crippen molar-refractivity contribution < 1.29 is 4.79 Å². The molecule has 0 bridgehead atoms. The van der Waals surface area contributed by atoms with Crippen molar-refractivity contribution in [3.63, 3.8) is 0 Å². The van der Waals surface area contributed by atoms with Gasteiger partial charge in [0.2, 0.25) is 0 Å². The van der Waals surface area contributed by atoms with Crippen LogP contribution in [0.25, 0.3) is 0 Å². The van der Waals surface area contributed by atoms with Crippen LogP contribution in [0.2, 0.25) is 0 Å². The standard InChI is InChI=1S/C14H22N4O/c15-10-5-9(7-14(17,18)8-10)6-13(19)11-3-1-2-4-12(11)16/h1-4,9-10H,5-8,15-18H2. The van der Waals surface area contributed by atoms with E-state index in [1.54, 1.807) is 12.1 Å². The first-order chi connectivity index (χ1) is 8.87. The molecule has 1 aromatic rings. The second-order valence-corrected chi connectivity index (χ2v) is 5.72. The zero-order chi connectivity index (χ0) is 14.0. The summed E-state index contributed by atoms with van der Waals surface area (Å²) in [6, 6.07) is 7.07. The predicted octanol–water partition coefficient (Wildman–Crippen LogP) is 0.583. The minimum Gasteiger partial charge on any atom is -0.398 e. The van der Waals surface area contributed by atoms with E-state index in [0.717, 1.165) is 6.42 Å². The topological polar surface area (TPSA) is 121 Å². The highest BCUT2D eigenvalue weighted by Crippen LogP contribution is 2.30. The van der Waals surface area contributed by atoms with E-state index in [0.29, 0.717) is 30.5 Å². The van der Waals surface area contributed by atoms with Crippen LogP contribution in [-0.2, 0) is 0 Å². The molecule has 0 aromatic heterocycles. The number of para-hydroxylation sites is 1. The SMILES string of the molecule is Nc1ccccc1C(=O)CC1CC(N)CC(N)(N)C1. The molecule has 8 N–H and O–H groups in total. The van der Waals surface area contributed by atoms with Gasteiger partial charge in [0, 0.05) is 23.7 Å². The van der Waals surface area contributed by atoms with E-state index in [9.17, 15) is 4.79 Å². The normalized spacial score (nSPS) is 26.1. The van der Waals surface area contributed by atoms with Gasteiger partial charge in [-0.25, -0.2) is 0 Å². The zero-order valence-corrected chi connectivity index (χ0v) is 11.0. The van der Waals surface area contributed by atoms with Crippen molar-refractivity contribution in [3.8, 4) is 0 Å². The maximum absolute atomic E-state index is 12.2. The maximum atomic E-state index is 12.2. The molecule has 0 amide bonds. The average Bonchev–Trinajstić information content (AvgIpc) is 2.26. The quantitative estimate of drug-likeness (QED) is 0.361. The fraction of sp³-hybridized carbons (Fsp3) is 0.500. The molecule has 0 saturated heterocycles. The molecule has 1 aliphatic carbocycles. The molecule has 104 valence electrons. The van der Waals surface area contributed by atoms with E-state index in [2.05, 4.69) is 0 Å². The number of nitrogen functional groups attached to an aromatic ring is 1. The first-order valence-electron chi connectivity index (χ1n) is 6.58. The van der Waals surface area contributed by atoms with Crippen LogP contribution in [0.15, 0.2) is 24.3 Å². The van der Waals surface area contributed by atoms with Crippen LogP contribution in [0.3, 0.4) is 0 Å². The lowest BCUT2D eigenvalue weighted by Crippen LogP contribution is -2.57. The summed E-state index contributed by atoms with van der Waals surface area (Å²) in [6.07, 6.45) is 2.41. The Morgan fingerprint density at radius 3 is 2.58 bits per heavy atom. The summed E-state index contributed by atoms with van der Waals surface area (Å²) in [4.78, 5) is 12.2. The third kappa shape index (κ3) is 3.53. The first kappa shape index (κ1) is 14.0. The van der Waals surface area contributed by atoms with Gasteiger partial charge in [0.25, 0.3) is 0 Å². The highest BCUT2D eigenvalue weighted by molar-refractivity contribution is 6.00. The van der Waals surface area contributed by atoms with Crippen LogP contribution in [0.1, 0.15) is 36.0 Å². The summed E-state index contributed by atoms with van der Waals surface area (Å²) in [5.74, 6) is 0.166. The molecule has 0 aliphatic heterocycles. The predicted molar refractivity (Wildman–Crippen MR) is 76.2 cm³/mol. The monoisotopic (exact) mass is 262 g/mol. The van der Waals surface area contributed by atoms with E-state index in [1.807, 2.05) is 12.1 Å². The van der Waals surface area contributed by atoms with E-state index >= 15 is 0 Å². The fourth-order valence-electron chi connectivity index (χ4n) is 2.98. The number of Topliss-reactive ketones (excluding diaryl/α,β-unsaturated/α-hetero) is 1. The molecule has 5 heteroatoms. The van der Waals surface area contributed by atoms with Crippen molar-refractivity contribution >= 4 is 11.5 Å². The summed E-state index contributed by atoms with van der Waals surface area (Å²) in [5, 5.41) is 0. The van der Waals surface area contributed by atoms with Gasteiger partial charge >= 0.3 is 0 Å². The number of benzene rings is 1. The number of rotatable bonds is 3. The third-order valence-electron chi connectivity index (χ3n) is 3.68. The van der Waals surface area contributed by atoms with Crippen molar-refractivity contribution in [2.75, 3.05) is 5.73 Å². The van der Waals surface area contributed by atoms with Crippen molar-refractivity contribution in [1.29, 1.82) is 0 Å². The Balaban J connectivity index is 2.05. The summed E-state index contributed by atoms with van der Waals surface area (Å²) in [5.41, 5.74) is 24.0. The van der Waals surface area contributed by atoms with Gasteiger partial charge < -0.3 is 22.9 Å². The van der Waals surface area contributed by atoms with Crippen molar-refractivity contribution in [2.45, 2.75) is 37.4 Å². The van der Waals surface area contributed by atoms with Crippen molar-refractivity contribution in [1.82, 2.24) is 0 Å². The average molecular weight is 262 g/mol. The molecular formula is C14H22N4O. The minimum atomic E-state index is -0.759. The molecule has 2 unspecified atom stereocenters. The lowest BCUT2D eigenvalue weighted by molar-refractivity contribution is 0.0928. The lowest BCUT2D eigenvalue weighted by Gasteiger charge is -2.38. The molecule has 1 aromatic carbocycles. The number of ketones is 1. The van der Waals surface area contributed by atoms with Gasteiger partial charge in [-0.1, -0.05) is 12.1 Å². The zero-order valence-electron chi connectivity index (χ0n) is 11.0. The molecule has 19 heavy (non-hydrogen) atoms. The number of hydrogen-bond donors (Lipinski definition) is 4. The number of carbonyl (C=O) groups excluding carboxylic acids is 1. The van der Waals surface area contributed by atoms with Crippen molar-refractivity contribution in [2.24, 2.45) is 23.1 Å². The van der Waals surface area contributed by atoms with Gasteiger partial charge in [-0.15, -0.1) is 0 Å². The molecule has 5 nitrogen and oxygen atoms in total. The second-order valence-electron chi connectivity index (χ2n) is 5.72. The Morgan fingerprint density at radius 2 is 1.95 bits per heavy atom. The molecule has 2 atom stereocenters. The Kier molecular flexibility index (Phi) is 3.89. The van der Waals surface area contributed by atoms with Crippen molar-refractivity contribution in [3.05, 3.63) is 29.8 Å². The number of anilines is 1. The van der Waals surface area contributed by atoms with Crippen LogP contribution in [0.4, 0.5) is 5.69 Å². The molecular weight excluding hydrogens is 240 g/mol. The Hall–Kier alpha value is -1.43. The molecule has 2 rings (SSSR count). The van der Waals surface area contributed by atoms with Crippen LogP contribution in [0, 0.1) is 5.92 Å². The summed E-state index contributed by atoms with van der Waals surface area (Å²) < 4.78 is 0.